The molecule has 0 bridgehead atoms. The van der Waals surface area contributed by atoms with E-state index in [-0.39, 0.29) is 5.91 Å². The van der Waals surface area contributed by atoms with Crippen LogP contribution in [0.3, 0.4) is 0 Å². The average molecular weight is 226 g/mol. The van der Waals surface area contributed by atoms with E-state index in [4.69, 9.17) is 0 Å². The zero-order valence-electron chi connectivity index (χ0n) is 10.9. The van der Waals surface area contributed by atoms with Crippen molar-refractivity contribution in [3.63, 3.8) is 0 Å². The minimum atomic E-state index is 0.201. The fourth-order valence-corrected chi connectivity index (χ4v) is 2.54. The molecule has 94 valence electrons. The van der Waals surface area contributed by atoms with Crippen LogP contribution < -0.4 is 10.6 Å². The first kappa shape index (κ1) is 13.5. The minimum absolute atomic E-state index is 0.201. The van der Waals surface area contributed by atoms with Crippen LogP contribution in [0.2, 0.25) is 0 Å². The fourth-order valence-electron chi connectivity index (χ4n) is 2.54. The molecule has 1 rings (SSSR count). The zero-order valence-corrected chi connectivity index (χ0v) is 10.9. The zero-order chi connectivity index (χ0) is 12.0. The Morgan fingerprint density at radius 1 is 1.31 bits per heavy atom. The molecule has 0 aromatic carbocycles. The lowest BCUT2D eigenvalue weighted by atomic mass is 9.80. The molecule has 1 saturated carbocycles. The molecule has 0 heterocycles. The van der Waals surface area contributed by atoms with Crippen molar-refractivity contribution in [3.8, 4) is 0 Å². The summed E-state index contributed by atoms with van der Waals surface area (Å²) in [7, 11) is 0. The van der Waals surface area contributed by atoms with Crippen LogP contribution >= 0.6 is 0 Å². The molecule has 3 unspecified atom stereocenters. The van der Waals surface area contributed by atoms with Crippen LogP contribution in [0.4, 0.5) is 0 Å². The summed E-state index contributed by atoms with van der Waals surface area (Å²) < 4.78 is 0. The van der Waals surface area contributed by atoms with Gasteiger partial charge in [-0.15, -0.1) is 0 Å². The van der Waals surface area contributed by atoms with E-state index in [1.54, 1.807) is 0 Å². The van der Waals surface area contributed by atoms with E-state index in [1.807, 2.05) is 0 Å². The highest BCUT2D eigenvalue weighted by Gasteiger charge is 2.26. The third kappa shape index (κ3) is 4.52. The largest absolute Gasteiger partial charge is 0.353 e. The molecular weight excluding hydrogens is 200 g/mol. The summed E-state index contributed by atoms with van der Waals surface area (Å²) in [6.45, 7) is 8.34. The van der Waals surface area contributed by atoms with Gasteiger partial charge in [-0.1, -0.05) is 20.8 Å². The molecule has 1 aliphatic rings. The first-order chi connectivity index (χ1) is 7.63. The van der Waals surface area contributed by atoms with E-state index in [0.717, 1.165) is 25.4 Å². The monoisotopic (exact) mass is 226 g/mol. The van der Waals surface area contributed by atoms with Crippen LogP contribution in [0.15, 0.2) is 0 Å². The second kappa shape index (κ2) is 6.89. The molecule has 2 N–H and O–H groups in total. The molecule has 0 aromatic rings. The van der Waals surface area contributed by atoms with Crippen molar-refractivity contribution in [1.82, 2.24) is 10.6 Å². The quantitative estimate of drug-likeness (QED) is 0.703. The average Bonchev–Trinajstić information content (AvgIpc) is 2.23. The van der Waals surface area contributed by atoms with E-state index in [9.17, 15) is 4.79 Å². The lowest BCUT2D eigenvalue weighted by molar-refractivity contribution is -0.122. The van der Waals surface area contributed by atoms with Crippen LogP contribution in [0.5, 0.6) is 0 Å². The molecule has 0 spiro atoms. The van der Waals surface area contributed by atoms with Crippen LogP contribution in [0, 0.1) is 11.8 Å². The molecule has 1 aliphatic carbocycles. The van der Waals surface area contributed by atoms with Gasteiger partial charge in [-0.05, 0) is 37.6 Å². The van der Waals surface area contributed by atoms with E-state index in [1.165, 1.54) is 12.8 Å². The highest BCUT2D eigenvalue weighted by atomic mass is 16.1. The maximum Gasteiger partial charge on any atom is 0.221 e. The van der Waals surface area contributed by atoms with Crippen LogP contribution in [0.1, 0.15) is 46.5 Å². The fraction of sp³-hybridized carbons (Fsp3) is 0.923. The van der Waals surface area contributed by atoms with Crippen molar-refractivity contribution in [2.45, 2.75) is 52.5 Å². The minimum Gasteiger partial charge on any atom is -0.353 e. The first-order valence-electron chi connectivity index (χ1n) is 6.63. The third-order valence-electron chi connectivity index (χ3n) is 3.56. The van der Waals surface area contributed by atoms with Crippen molar-refractivity contribution in [2.75, 3.05) is 13.1 Å². The van der Waals surface area contributed by atoms with Gasteiger partial charge < -0.3 is 10.6 Å². The van der Waals surface area contributed by atoms with Crippen molar-refractivity contribution in [3.05, 3.63) is 0 Å². The van der Waals surface area contributed by atoms with Gasteiger partial charge in [0.1, 0.15) is 0 Å². The summed E-state index contributed by atoms with van der Waals surface area (Å²) in [5.41, 5.74) is 0. The summed E-state index contributed by atoms with van der Waals surface area (Å²) in [5, 5.41) is 6.34. The molecule has 1 amide bonds. The highest BCUT2D eigenvalue weighted by molar-refractivity contribution is 5.76. The molecule has 0 aliphatic heterocycles. The van der Waals surface area contributed by atoms with Gasteiger partial charge in [-0.2, -0.15) is 0 Å². The van der Waals surface area contributed by atoms with Gasteiger partial charge in [0, 0.05) is 19.0 Å². The van der Waals surface area contributed by atoms with E-state index in [0.29, 0.717) is 18.4 Å². The molecule has 3 heteroatoms. The molecule has 16 heavy (non-hydrogen) atoms. The predicted molar refractivity (Wildman–Crippen MR) is 67.3 cm³/mol. The SMILES string of the molecule is CCNCCC(=O)NC1CCC(C)CC1C. The maximum atomic E-state index is 11.7. The Morgan fingerprint density at radius 2 is 2.06 bits per heavy atom. The van der Waals surface area contributed by atoms with Gasteiger partial charge in [-0.25, -0.2) is 0 Å². The highest BCUT2D eigenvalue weighted by Crippen LogP contribution is 2.28. The summed E-state index contributed by atoms with van der Waals surface area (Å²) in [6, 6.07) is 0.408. The van der Waals surface area contributed by atoms with Crippen molar-refractivity contribution in [2.24, 2.45) is 11.8 Å². The van der Waals surface area contributed by atoms with E-state index >= 15 is 0 Å². The van der Waals surface area contributed by atoms with Crippen molar-refractivity contribution in [1.29, 1.82) is 0 Å². The normalized spacial score (nSPS) is 30.1. The second-order valence-electron chi connectivity index (χ2n) is 5.17. The maximum absolute atomic E-state index is 11.7. The first-order valence-corrected chi connectivity index (χ1v) is 6.63. The van der Waals surface area contributed by atoms with E-state index < -0.39 is 0 Å². The van der Waals surface area contributed by atoms with Gasteiger partial charge in [-0.3, -0.25) is 4.79 Å². The van der Waals surface area contributed by atoms with Gasteiger partial charge in [0.25, 0.3) is 0 Å². The molecule has 0 aromatic heterocycles. The molecule has 0 saturated heterocycles. The summed E-state index contributed by atoms with van der Waals surface area (Å²) >= 11 is 0. The Morgan fingerprint density at radius 3 is 2.69 bits per heavy atom. The molecule has 3 nitrogen and oxygen atoms in total. The number of hydrogen-bond donors (Lipinski definition) is 2. The summed E-state index contributed by atoms with van der Waals surface area (Å²) in [4.78, 5) is 11.7. The van der Waals surface area contributed by atoms with Crippen molar-refractivity contribution < 1.29 is 4.79 Å². The Balaban J connectivity index is 2.22. The number of hydrogen-bond acceptors (Lipinski definition) is 2. The Hall–Kier alpha value is -0.570. The lowest BCUT2D eigenvalue weighted by Gasteiger charge is -2.33. The number of rotatable bonds is 5. The van der Waals surface area contributed by atoms with Crippen molar-refractivity contribution >= 4 is 5.91 Å². The van der Waals surface area contributed by atoms with Crippen LogP contribution in [-0.2, 0) is 4.79 Å². The molecule has 3 atom stereocenters. The Labute approximate surface area is 99.4 Å². The lowest BCUT2D eigenvalue weighted by Crippen LogP contribution is -2.43. The Bertz CT molecular complexity index is 218. The molecule has 1 fully saturated rings. The topological polar surface area (TPSA) is 41.1 Å². The van der Waals surface area contributed by atoms with Crippen LogP contribution in [0.25, 0.3) is 0 Å². The smallest absolute Gasteiger partial charge is 0.221 e. The molecule has 0 radical (unpaired) electrons. The van der Waals surface area contributed by atoms with Gasteiger partial charge in [0.15, 0.2) is 0 Å². The number of nitrogens with one attached hydrogen (secondary N) is 2. The van der Waals surface area contributed by atoms with Gasteiger partial charge >= 0.3 is 0 Å². The Kier molecular flexibility index (Phi) is 5.81. The number of carbonyl (C=O) groups excluding carboxylic acids is 1. The van der Waals surface area contributed by atoms with E-state index in [2.05, 4.69) is 31.4 Å². The van der Waals surface area contributed by atoms with Gasteiger partial charge in [0.2, 0.25) is 5.91 Å². The number of carbonyl (C=O) groups is 1. The summed E-state index contributed by atoms with van der Waals surface area (Å²) in [5.74, 6) is 1.66. The predicted octanol–water partition coefficient (Wildman–Crippen LogP) is 1.93. The molecular formula is C13H26N2O. The number of amides is 1. The standard InChI is InChI=1S/C13H26N2O/c1-4-14-8-7-13(16)15-12-6-5-10(2)9-11(12)3/h10-12,14H,4-9H2,1-3H3,(H,15,16). The summed E-state index contributed by atoms with van der Waals surface area (Å²) in [6.07, 6.45) is 4.25. The third-order valence-corrected chi connectivity index (χ3v) is 3.56. The van der Waals surface area contributed by atoms with Crippen LogP contribution in [-0.4, -0.2) is 25.0 Å². The van der Waals surface area contributed by atoms with Gasteiger partial charge in [0.05, 0.1) is 0 Å². The second-order valence-corrected chi connectivity index (χ2v) is 5.17.